The monoisotopic (exact) mass is 447 g/mol. The molecule has 0 saturated heterocycles. The summed E-state index contributed by atoms with van der Waals surface area (Å²) in [6, 6.07) is 38.6. The first kappa shape index (κ1) is 19.7. The lowest BCUT2D eigenvalue weighted by molar-refractivity contribution is 1.27. The second-order valence-electron chi connectivity index (χ2n) is 8.76. The summed E-state index contributed by atoms with van der Waals surface area (Å²) in [4.78, 5) is 8.94. The Morgan fingerprint density at radius 1 is 0.486 bits per heavy atom. The van der Waals surface area contributed by atoms with E-state index in [0.29, 0.717) is 0 Å². The zero-order chi connectivity index (χ0) is 23.2. The van der Waals surface area contributed by atoms with Crippen molar-refractivity contribution in [1.82, 2.24) is 14.4 Å². The van der Waals surface area contributed by atoms with Crippen molar-refractivity contribution >= 4 is 27.5 Å². The van der Waals surface area contributed by atoms with Gasteiger partial charge in [-0.05, 0) is 70.3 Å². The fourth-order valence-electron chi connectivity index (χ4n) is 5.11. The minimum absolute atomic E-state index is 0.994. The van der Waals surface area contributed by atoms with Crippen LogP contribution in [0.1, 0.15) is 0 Å². The van der Waals surface area contributed by atoms with E-state index in [9.17, 15) is 0 Å². The van der Waals surface area contributed by atoms with Crippen LogP contribution in [0.4, 0.5) is 0 Å². The molecule has 0 amide bonds. The third kappa shape index (κ3) is 3.21. The van der Waals surface area contributed by atoms with Gasteiger partial charge in [0.25, 0.3) is 0 Å². The highest BCUT2D eigenvalue weighted by Gasteiger charge is 2.16. The van der Waals surface area contributed by atoms with E-state index in [0.717, 1.165) is 16.6 Å². The van der Waals surface area contributed by atoms with E-state index in [1.165, 1.54) is 44.3 Å². The smallest absolute Gasteiger partial charge is 0.0871 e. The largest absolute Gasteiger partial charge is 0.306 e. The van der Waals surface area contributed by atoms with Crippen LogP contribution < -0.4 is 0 Å². The Labute approximate surface area is 203 Å². The number of benzene rings is 4. The predicted octanol–water partition coefficient (Wildman–Crippen LogP) is 8.04. The molecule has 0 atom stereocenters. The average molecular weight is 448 g/mol. The van der Waals surface area contributed by atoms with Crippen molar-refractivity contribution in [3.8, 4) is 33.4 Å². The van der Waals surface area contributed by atoms with Crippen LogP contribution in [-0.4, -0.2) is 14.4 Å². The molecule has 0 aliphatic heterocycles. The maximum atomic E-state index is 4.79. The zero-order valence-corrected chi connectivity index (χ0v) is 19.0. The van der Waals surface area contributed by atoms with E-state index in [1.807, 2.05) is 36.8 Å². The molecular formula is C32H21N3. The molecule has 0 bridgehead atoms. The number of hydrogen-bond acceptors (Lipinski definition) is 2. The molecule has 0 aliphatic carbocycles. The summed E-state index contributed by atoms with van der Waals surface area (Å²) < 4.78 is 2.34. The summed E-state index contributed by atoms with van der Waals surface area (Å²) in [6.45, 7) is 0. The molecule has 0 fully saturated rings. The molecule has 0 radical (unpaired) electrons. The topological polar surface area (TPSA) is 30.2 Å². The molecule has 0 saturated carbocycles. The van der Waals surface area contributed by atoms with Crippen molar-refractivity contribution in [2.45, 2.75) is 0 Å². The van der Waals surface area contributed by atoms with E-state index >= 15 is 0 Å². The van der Waals surface area contributed by atoms with Crippen LogP contribution in [0.5, 0.6) is 0 Å². The van der Waals surface area contributed by atoms with Crippen LogP contribution in [0, 0.1) is 0 Å². The second kappa shape index (κ2) is 7.93. The molecule has 7 rings (SSSR count). The molecule has 0 unspecified atom stereocenters. The van der Waals surface area contributed by atoms with Gasteiger partial charge in [-0.25, -0.2) is 0 Å². The van der Waals surface area contributed by atoms with Crippen LogP contribution in [0.25, 0.3) is 60.8 Å². The number of fused-ring (bicyclic) bond motifs is 5. The van der Waals surface area contributed by atoms with Gasteiger partial charge in [-0.2, -0.15) is 0 Å². The molecule has 164 valence electrons. The van der Waals surface area contributed by atoms with Crippen molar-refractivity contribution in [3.63, 3.8) is 0 Å². The van der Waals surface area contributed by atoms with Crippen LogP contribution in [0.2, 0.25) is 0 Å². The maximum absolute atomic E-state index is 4.79. The lowest BCUT2D eigenvalue weighted by Crippen LogP contribution is -1.90. The zero-order valence-electron chi connectivity index (χ0n) is 19.0. The van der Waals surface area contributed by atoms with Gasteiger partial charge in [0.15, 0.2) is 0 Å². The van der Waals surface area contributed by atoms with E-state index in [2.05, 4.69) is 100 Å². The lowest BCUT2D eigenvalue weighted by Gasteiger charge is -2.09. The van der Waals surface area contributed by atoms with Crippen molar-refractivity contribution in [2.24, 2.45) is 0 Å². The third-order valence-corrected chi connectivity index (χ3v) is 6.72. The van der Waals surface area contributed by atoms with Crippen LogP contribution in [-0.2, 0) is 0 Å². The van der Waals surface area contributed by atoms with Gasteiger partial charge in [0, 0.05) is 23.3 Å². The van der Waals surface area contributed by atoms with Crippen molar-refractivity contribution in [2.75, 3.05) is 0 Å². The highest BCUT2D eigenvalue weighted by molar-refractivity contribution is 6.08. The molecule has 7 aromatic rings. The number of rotatable bonds is 3. The fourth-order valence-corrected chi connectivity index (χ4v) is 5.11. The van der Waals surface area contributed by atoms with Gasteiger partial charge in [0.05, 0.1) is 28.3 Å². The summed E-state index contributed by atoms with van der Waals surface area (Å²) >= 11 is 0. The summed E-state index contributed by atoms with van der Waals surface area (Å²) in [7, 11) is 0. The first-order valence-corrected chi connectivity index (χ1v) is 11.7. The van der Waals surface area contributed by atoms with E-state index in [4.69, 9.17) is 4.98 Å². The highest BCUT2D eigenvalue weighted by atomic mass is 14.9. The normalized spacial score (nSPS) is 11.4. The van der Waals surface area contributed by atoms with Gasteiger partial charge in [0.2, 0.25) is 0 Å². The number of nitrogens with zero attached hydrogens (tertiary/aromatic N) is 3. The fraction of sp³-hybridized carbons (Fsp3) is 0. The quantitative estimate of drug-likeness (QED) is 0.274. The molecule has 0 spiro atoms. The molecule has 4 aromatic carbocycles. The first-order chi connectivity index (χ1) is 17.4. The third-order valence-electron chi connectivity index (χ3n) is 6.72. The SMILES string of the molecule is c1cc(-c2ccncc2)cc(-c2cccc(-c3c4ccccc4n4c3cnc3ccccc34)c2)c1. The molecule has 3 heteroatoms. The van der Waals surface area contributed by atoms with Crippen molar-refractivity contribution < 1.29 is 0 Å². The average Bonchev–Trinajstić information content (AvgIpc) is 3.29. The number of para-hydroxylation sites is 3. The van der Waals surface area contributed by atoms with Gasteiger partial charge in [-0.15, -0.1) is 0 Å². The minimum Gasteiger partial charge on any atom is -0.306 e. The lowest BCUT2D eigenvalue weighted by atomic mass is 9.96. The van der Waals surface area contributed by atoms with E-state index in [1.54, 1.807) is 0 Å². The molecule has 3 aromatic heterocycles. The van der Waals surface area contributed by atoms with Crippen LogP contribution >= 0.6 is 0 Å². The van der Waals surface area contributed by atoms with Crippen molar-refractivity contribution in [1.29, 1.82) is 0 Å². The Morgan fingerprint density at radius 2 is 1.11 bits per heavy atom. The van der Waals surface area contributed by atoms with Gasteiger partial charge in [0.1, 0.15) is 0 Å². The number of pyridine rings is 1. The first-order valence-electron chi connectivity index (χ1n) is 11.7. The highest BCUT2D eigenvalue weighted by Crippen LogP contribution is 2.38. The Hall–Kier alpha value is -4.76. The van der Waals surface area contributed by atoms with Gasteiger partial charge < -0.3 is 4.40 Å². The van der Waals surface area contributed by atoms with Crippen LogP contribution in [0.3, 0.4) is 0 Å². The van der Waals surface area contributed by atoms with Gasteiger partial charge in [-0.1, -0.05) is 66.7 Å². The summed E-state index contributed by atoms with van der Waals surface area (Å²) in [5.41, 5.74) is 11.6. The van der Waals surface area contributed by atoms with Gasteiger partial charge in [-0.3, -0.25) is 9.97 Å². The molecule has 0 N–H and O–H groups in total. The predicted molar refractivity (Wildman–Crippen MR) is 144 cm³/mol. The Morgan fingerprint density at radius 3 is 1.91 bits per heavy atom. The maximum Gasteiger partial charge on any atom is 0.0871 e. The van der Waals surface area contributed by atoms with Crippen molar-refractivity contribution in [3.05, 3.63) is 128 Å². The Bertz CT molecular complexity index is 1850. The molecule has 0 aliphatic rings. The molecule has 3 nitrogen and oxygen atoms in total. The second-order valence-corrected chi connectivity index (χ2v) is 8.76. The Kier molecular flexibility index (Phi) is 4.46. The van der Waals surface area contributed by atoms with E-state index in [-0.39, 0.29) is 0 Å². The minimum atomic E-state index is 0.994. The molecule has 3 heterocycles. The summed E-state index contributed by atoms with van der Waals surface area (Å²) in [6.07, 6.45) is 5.68. The van der Waals surface area contributed by atoms with E-state index < -0.39 is 0 Å². The number of hydrogen-bond donors (Lipinski definition) is 0. The molecular weight excluding hydrogens is 426 g/mol. The summed E-state index contributed by atoms with van der Waals surface area (Å²) in [5.74, 6) is 0. The number of aromatic nitrogens is 3. The van der Waals surface area contributed by atoms with Crippen LogP contribution in [0.15, 0.2) is 128 Å². The summed E-state index contributed by atoms with van der Waals surface area (Å²) in [5, 5.41) is 1.23. The Balaban J connectivity index is 1.45. The molecule has 35 heavy (non-hydrogen) atoms. The van der Waals surface area contributed by atoms with Gasteiger partial charge >= 0.3 is 0 Å². The standard InChI is InChI=1S/C32H21N3/c1-3-13-29-27(11-1)32(31-21-34-28-12-2-4-14-30(28)35(29)31)26-10-6-9-25(20-26)24-8-5-7-23(19-24)22-15-17-33-18-16-22/h1-21H.